The predicted molar refractivity (Wildman–Crippen MR) is 111 cm³/mol. The lowest BCUT2D eigenvalue weighted by molar-refractivity contribution is -0.122. The fourth-order valence-corrected chi connectivity index (χ4v) is 3.92. The van der Waals surface area contributed by atoms with Gasteiger partial charge in [-0.05, 0) is 37.1 Å². The Morgan fingerprint density at radius 2 is 2.00 bits per heavy atom. The molecule has 5 nitrogen and oxygen atoms in total. The quantitative estimate of drug-likeness (QED) is 0.783. The molecule has 1 saturated heterocycles. The molecule has 0 bridgehead atoms. The molecule has 2 atom stereocenters. The number of carbonyl (C=O) groups is 2. The zero-order valence-corrected chi connectivity index (χ0v) is 16.6. The van der Waals surface area contributed by atoms with Gasteiger partial charge in [-0.15, -0.1) is 0 Å². The van der Waals surface area contributed by atoms with Crippen LogP contribution in [-0.4, -0.2) is 22.2 Å². The predicted octanol–water partition coefficient (Wildman–Crippen LogP) is 4.33. The number of halogens is 1. The standard InChI is InChI=1S/C20H20ClN3O2S/c1-12-15(21)9-6-10-16(12)23-18(25)11-17-19(26)24-20(27-17)22-13(2)14-7-4-3-5-8-14/h3-10,13,17H,11H2,1-2H3,(H,23,25)(H,22,24,26)/t13-,17+/m1/s1. The van der Waals surface area contributed by atoms with E-state index in [1.807, 2.05) is 44.2 Å². The summed E-state index contributed by atoms with van der Waals surface area (Å²) >= 11 is 7.36. The number of amidine groups is 1. The van der Waals surface area contributed by atoms with E-state index < -0.39 is 5.25 Å². The van der Waals surface area contributed by atoms with E-state index in [1.54, 1.807) is 18.2 Å². The number of amides is 2. The molecule has 7 heteroatoms. The third-order valence-corrected chi connectivity index (χ3v) is 5.79. The third-order valence-electron chi connectivity index (χ3n) is 4.28. The number of benzene rings is 2. The van der Waals surface area contributed by atoms with Crippen molar-refractivity contribution in [2.24, 2.45) is 4.99 Å². The molecule has 1 heterocycles. The van der Waals surface area contributed by atoms with Crippen molar-refractivity contribution in [3.63, 3.8) is 0 Å². The van der Waals surface area contributed by atoms with E-state index in [4.69, 9.17) is 11.6 Å². The third kappa shape index (κ3) is 4.90. The van der Waals surface area contributed by atoms with Crippen molar-refractivity contribution in [3.8, 4) is 0 Å². The fraction of sp³-hybridized carbons (Fsp3) is 0.250. The molecule has 1 fully saturated rings. The Hall–Kier alpha value is -2.31. The van der Waals surface area contributed by atoms with E-state index >= 15 is 0 Å². The smallest absolute Gasteiger partial charge is 0.240 e. The molecular formula is C20H20ClN3O2S. The summed E-state index contributed by atoms with van der Waals surface area (Å²) in [5.41, 5.74) is 2.52. The Morgan fingerprint density at radius 3 is 2.74 bits per heavy atom. The topological polar surface area (TPSA) is 70.6 Å². The van der Waals surface area contributed by atoms with Gasteiger partial charge in [0.2, 0.25) is 11.8 Å². The van der Waals surface area contributed by atoms with E-state index in [0.29, 0.717) is 15.9 Å². The molecule has 2 amide bonds. The molecule has 1 aliphatic heterocycles. The fourth-order valence-electron chi connectivity index (χ4n) is 2.70. The SMILES string of the molecule is Cc1c(Cl)cccc1NC(=O)C[C@@H]1SC(=N[C@H](C)c2ccccc2)NC1=O. The minimum atomic E-state index is -0.494. The molecule has 0 aliphatic carbocycles. The first-order valence-electron chi connectivity index (χ1n) is 8.59. The van der Waals surface area contributed by atoms with Crippen molar-refractivity contribution in [2.75, 3.05) is 5.32 Å². The second-order valence-electron chi connectivity index (χ2n) is 6.28. The molecule has 140 valence electrons. The molecule has 2 aromatic carbocycles. The van der Waals surface area contributed by atoms with Gasteiger partial charge in [-0.1, -0.05) is 59.8 Å². The molecule has 0 radical (unpaired) electrons. The molecule has 0 spiro atoms. The zero-order valence-electron chi connectivity index (χ0n) is 15.0. The van der Waals surface area contributed by atoms with Gasteiger partial charge in [-0.2, -0.15) is 0 Å². The van der Waals surface area contributed by atoms with Crippen LogP contribution in [0.4, 0.5) is 5.69 Å². The van der Waals surface area contributed by atoms with Crippen LogP contribution in [0.1, 0.15) is 30.5 Å². The second-order valence-corrected chi connectivity index (χ2v) is 7.88. The minimum Gasteiger partial charge on any atom is -0.326 e. The largest absolute Gasteiger partial charge is 0.326 e. The highest BCUT2D eigenvalue weighted by Crippen LogP contribution is 2.27. The number of anilines is 1. The Bertz CT molecular complexity index is 886. The molecule has 0 unspecified atom stereocenters. The molecular weight excluding hydrogens is 382 g/mol. The Balaban J connectivity index is 1.61. The van der Waals surface area contributed by atoms with Gasteiger partial charge in [0.15, 0.2) is 5.17 Å². The Kier molecular flexibility index (Phi) is 6.19. The number of hydrogen-bond donors (Lipinski definition) is 2. The summed E-state index contributed by atoms with van der Waals surface area (Å²) < 4.78 is 0. The van der Waals surface area contributed by atoms with E-state index in [0.717, 1.165) is 11.1 Å². The van der Waals surface area contributed by atoms with Crippen molar-refractivity contribution in [3.05, 3.63) is 64.7 Å². The monoisotopic (exact) mass is 401 g/mol. The van der Waals surface area contributed by atoms with Gasteiger partial charge >= 0.3 is 0 Å². The van der Waals surface area contributed by atoms with Gasteiger partial charge in [0.25, 0.3) is 0 Å². The maximum atomic E-state index is 12.3. The zero-order chi connectivity index (χ0) is 19.4. The van der Waals surface area contributed by atoms with Crippen LogP contribution < -0.4 is 10.6 Å². The van der Waals surface area contributed by atoms with Crippen LogP contribution in [0.25, 0.3) is 0 Å². The summed E-state index contributed by atoms with van der Waals surface area (Å²) in [6.45, 7) is 3.81. The van der Waals surface area contributed by atoms with Crippen molar-refractivity contribution in [1.29, 1.82) is 0 Å². The number of aliphatic imine (C=N–C) groups is 1. The molecule has 3 rings (SSSR count). The lowest BCUT2D eigenvalue weighted by Crippen LogP contribution is -2.28. The van der Waals surface area contributed by atoms with Crippen LogP contribution in [-0.2, 0) is 9.59 Å². The Labute approximate surface area is 167 Å². The van der Waals surface area contributed by atoms with Crippen molar-refractivity contribution < 1.29 is 9.59 Å². The van der Waals surface area contributed by atoms with Crippen molar-refractivity contribution in [1.82, 2.24) is 5.32 Å². The second kappa shape index (κ2) is 8.59. The lowest BCUT2D eigenvalue weighted by atomic mass is 10.1. The number of nitrogens with one attached hydrogen (secondary N) is 2. The molecule has 1 aliphatic rings. The van der Waals surface area contributed by atoms with E-state index in [2.05, 4.69) is 15.6 Å². The first-order chi connectivity index (χ1) is 12.9. The average molecular weight is 402 g/mol. The van der Waals surface area contributed by atoms with Crippen LogP contribution in [0.3, 0.4) is 0 Å². The van der Waals surface area contributed by atoms with Crippen LogP contribution in [0.15, 0.2) is 53.5 Å². The van der Waals surface area contributed by atoms with Gasteiger partial charge in [-0.25, -0.2) is 0 Å². The minimum absolute atomic E-state index is 0.0706. The first-order valence-corrected chi connectivity index (χ1v) is 9.85. The van der Waals surface area contributed by atoms with Gasteiger partial charge in [0.1, 0.15) is 5.25 Å². The summed E-state index contributed by atoms with van der Waals surface area (Å²) in [6, 6.07) is 15.1. The summed E-state index contributed by atoms with van der Waals surface area (Å²) in [7, 11) is 0. The van der Waals surface area contributed by atoms with Gasteiger partial charge in [0.05, 0.1) is 6.04 Å². The van der Waals surface area contributed by atoms with Gasteiger partial charge in [0, 0.05) is 17.1 Å². The highest BCUT2D eigenvalue weighted by Gasteiger charge is 2.32. The summed E-state index contributed by atoms with van der Waals surface area (Å²) in [5.74, 6) is -0.428. The maximum Gasteiger partial charge on any atom is 0.240 e. The molecule has 0 aromatic heterocycles. The first kappa shape index (κ1) is 19.5. The lowest BCUT2D eigenvalue weighted by Gasteiger charge is -2.10. The summed E-state index contributed by atoms with van der Waals surface area (Å²) in [4.78, 5) is 29.1. The van der Waals surface area contributed by atoms with Crippen LogP contribution in [0.2, 0.25) is 5.02 Å². The van der Waals surface area contributed by atoms with Crippen LogP contribution in [0, 0.1) is 6.92 Å². The van der Waals surface area contributed by atoms with Crippen LogP contribution in [0.5, 0.6) is 0 Å². The van der Waals surface area contributed by atoms with Gasteiger partial charge < -0.3 is 10.6 Å². The van der Waals surface area contributed by atoms with Crippen LogP contribution >= 0.6 is 23.4 Å². The number of thioether (sulfide) groups is 1. The number of carbonyl (C=O) groups excluding carboxylic acids is 2. The van der Waals surface area contributed by atoms with E-state index in [1.165, 1.54) is 11.8 Å². The van der Waals surface area contributed by atoms with Crippen molar-refractivity contribution in [2.45, 2.75) is 31.6 Å². The molecule has 2 aromatic rings. The molecule has 2 N–H and O–H groups in total. The number of rotatable bonds is 5. The van der Waals surface area contributed by atoms with E-state index in [9.17, 15) is 9.59 Å². The summed E-state index contributed by atoms with van der Waals surface area (Å²) in [6.07, 6.45) is 0.0706. The molecule has 27 heavy (non-hydrogen) atoms. The van der Waals surface area contributed by atoms with E-state index in [-0.39, 0.29) is 24.3 Å². The normalized spacial score (nSPS) is 19.0. The van der Waals surface area contributed by atoms with Crippen molar-refractivity contribution >= 4 is 46.0 Å². The number of nitrogens with zero attached hydrogens (tertiary/aromatic N) is 1. The highest BCUT2D eigenvalue weighted by molar-refractivity contribution is 8.15. The highest BCUT2D eigenvalue weighted by atomic mass is 35.5. The number of hydrogen-bond acceptors (Lipinski definition) is 4. The van der Waals surface area contributed by atoms with Gasteiger partial charge in [-0.3, -0.25) is 14.6 Å². The average Bonchev–Trinajstić information content (AvgIpc) is 2.98. The maximum absolute atomic E-state index is 12.3. The Morgan fingerprint density at radius 1 is 1.26 bits per heavy atom. The summed E-state index contributed by atoms with van der Waals surface area (Å²) in [5, 5.41) is 6.23. The molecule has 0 saturated carbocycles.